The van der Waals surface area contributed by atoms with Gasteiger partial charge in [-0.1, -0.05) is 0 Å². The number of amides is 1. The van der Waals surface area contributed by atoms with Crippen molar-refractivity contribution in [3.8, 4) is 0 Å². The molecule has 1 unspecified atom stereocenters. The maximum absolute atomic E-state index is 10.8. The van der Waals surface area contributed by atoms with Crippen molar-refractivity contribution in [1.82, 2.24) is 15.1 Å². The predicted molar refractivity (Wildman–Crippen MR) is 42.2 cm³/mol. The van der Waals surface area contributed by atoms with Crippen LogP contribution in [0.2, 0.25) is 0 Å². The Labute approximate surface area is 70.6 Å². The molecular formula is C8H10N3O. The molecule has 1 aliphatic heterocycles. The van der Waals surface area contributed by atoms with Crippen LogP contribution in [0.1, 0.15) is 6.42 Å². The molecule has 2 rings (SSSR count). The van der Waals surface area contributed by atoms with Crippen LogP contribution in [0.5, 0.6) is 0 Å². The van der Waals surface area contributed by atoms with Crippen molar-refractivity contribution in [2.75, 3.05) is 6.54 Å². The molecule has 1 aromatic heterocycles. The molecule has 1 fully saturated rings. The number of carbonyl (C=O) groups is 1. The molecule has 1 atom stereocenters. The van der Waals surface area contributed by atoms with E-state index >= 15 is 0 Å². The Balaban J connectivity index is 1.92. The molecule has 0 aromatic carbocycles. The lowest BCUT2D eigenvalue weighted by atomic mass is 10.1. The summed E-state index contributed by atoms with van der Waals surface area (Å²) >= 11 is 0. The Kier molecular flexibility index (Phi) is 1.81. The first kappa shape index (κ1) is 7.34. The minimum atomic E-state index is 0.149. The van der Waals surface area contributed by atoms with E-state index in [1.165, 1.54) is 0 Å². The molecule has 12 heavy (non-hydrogen) atoms. The van der Waals surface area contributed by atoms with Gasteiger partial charge in [-0.3, -0.25) is 9.48 Å². The van der Waals surface area contributed by atoms with Crippen LogP contribution in [0.15, 0.2) is 12.4 Å². The summed E-state index contributed by atoms with van der Waals surface area (Å²) < 4.78 is 1.81. The highest BCUT2D eigenvalue weighted by Crippen LogP contribution is 2.10. The minimum absolute atomic E-state index is 0.149. The zero-order valence-corrected chi connectivity index (χ0v) is 6.66. The first-order valence-electron chi connectivity index (χ1n) is 4.00. The summed E-state index contributed by atoms with van der Waals surface area (Å²) in [5.41, 5.74) is 0. The molecule has 63 valence electrons. The Morgan fingerprint density at radius 3 is 3.33 bits per heavy atom. The van der Waals surface area contributed by atoms with Crippen LogP contribution in [0.25, 0.3) is 0 Å². The van der Waals surface area contributed by atoms with Crippen molar-refractivity contribution in [2.24, 2.45) is 5.92 Å². The third kappa shape index (κ3) is 1.47. The van der Waals surface area contributed by atoms with Crippen molar-refractivity contribution >= 4 is 5.91 Å². The quantitative estimate of drug-likeness (QED) is 0.659. The average Bonchev–Trinajstić information content (AvgIpc) is 2.63. The first-order chi connectivity index (χ1) is 5.84. The van der Waals surface area contributed by atoms with E-state index in [0.29, 0.717) is 12.3 Å². The molecular weight excluding hydrogens is 154 g/mol. The number of hydrogen-bond acceptors (Lipinski definition) is 2. The normalized spacial score (nSPS) is 22.7. The molecule has 1 amide bonds. The Morgan fingerprint density at radius 2 is 2.75 bits per heavy atom. The number of nitrogens with one attached hydrogen (secondary N) is 1. The summed E-state index contributed by atoms with van der Waals surface area (Å²) in [6.07, 6.45) is 4.05. The monoisotopic (exact) mass is 164 g/mol. The topological polar surface area (TPSA) is 46.9 Å². The molecule has 0 aliphatic carbocycles. The standard InChI is InChI=1S/C8H10N3O/c12-8-4-7(5-9-8)6-11-3-1-2-10-11/h2-3,7H,4-6H2,(H,9,12). The molecule has 0 bridgehead atoms. The van der Waals surface area contributed by atoms with Gasteiger partial charge in [0, 0.05) is 37.7 Å². The highest BCUT2D eigenvalue weighted by atomic mass is 16.1. The number of nitrogens with zero attached hydrogens (tertiary/aromatic N) is 2. The van der Waals surface area contributed by atoms with Gasteiger partial charge in [0.25, 0.3) is 0 Å². The highest BCUT2D eigenvalue weighted by molar-refractivity contribution is 5.78. The molecule has 1 radical (unpaired) electrons. The van der Waals surface area contributed by atoms with Gasteiger partial charge in [-0.15, -0.1) is 0 Å². The highest BCUT2D eigenvalue weighted by Gasteiger charge is 2.21. The second-order valence-electron chi connectivity index (χ2n) is 3.04. The molecule has 2 heterocycles. The van der Waals surface area contributed by atoms with Crippen molar-refractivity contribution in [2.45, 2.75) is 13.0 Å². The molecule has 4 heteroatoms. The predicted octanol–water partition coefficient (Wildman–Crippen LogP) is -0.181. The van der Waals surface area contributed by atoms with Crippen LogP contribution in [0, 0.1) is 12.0 Å². The van der Waals surface area contributed by atoms with Gasteiger partial charge in [-0.25, -0.2) is 0 Å². The lowest BCUT2D eigenvalue weighted by Gasteiger charge is -2.05. The van der Waals surface area contributed by atoms with Crippen LogP contribution < -0.4 is 5.32 Å². The largest absolute Gasteiger partial charge is 0.356 e. The van der Waals surface area contributed by atoms with Gasteiger partial charge in [-0.05, 0) is 0 Å². The van der Waals surface area contributed by atoms with Gasteiger partial charge in [0.1, 0.15) is 0 Å². The van der Waals surface area contributed by atoms with E-state index in [4.69, 9.17) is 0 Å². The average molecular weight is 164 g/mol. The first-order valence-corrected chi connectivity index (χ1v) is 4.00. The zero-order chi connectivity index (χ0) is 8.39. The van der Waals surface area contributed by atoms with Crippen LogP contribution >= 0.6 is 0 Å². The van der Waals surface area contributed by atoms with E-state index in [2.05, 4.69) is 16.5 Å². The van der Waals surface area contributed by atoms with E-state index in [0.717, 1.165) is 13.1 Å². The van der Waals surface area contributed by atoms with E-state index in [1.54, 1.807) is 12.4 Å². The van der Waals surface area contributed by atoms with Crippen LogP contribution in [-0.4, -0.2) is 22.2 Å². The van der Waals surface area contributed by atoms with Gasteiger partial charge < -0.3 is 5.32 Å². The van der Waals surface area contributed by atoms with E-state index in [-0.39, 0.29) is 5.91 Å². The van der Waals surface area contributed by atoms with Gasteiger partial charge in [0.05, 0.1) is 6.20 Å². The summed E-state index contributed by atoms with van der Waals surface area (Å²) in [5, 5.41) is 6.82. The minimum Gasteiger partial charge on any atom is -0.356 e. The van der Waals surface area contributed by atoms with Crippen LogP contribution in [-0.2, 0) is 11.3 Å². The fourth-order valence-electron chi connectivity index (χ4n) is 1.42. The fraction of sp³-hybridized carbons (Fsp3) is 0.500. The maximum Gasteiger partial charge on any atom is 0.220 e. The number of rotatable bonds is 2. The Bertz CT molecular complexity index is 268. The smallest absolute Gasteiger partial charge is 0.220 e. The number of aromatic nitrogens is 2. The summed E-state index contributed by atoms with van der Waals surface area (Å²) in [5.74, 6) is 0.543. The second kappa shape index (κ2) is 2.97. The lowest BCUT2D eigenvalue weighted by Crippen LogP contribution is -2.16. The summed E-state index contributed by atoms with van der Waals surface area (Å²) in [6, 6.07) is 2.86. The van der Waals surface area contributed by atoms with Crippen molar-refractivity contribution < 1.29 is 4.79 Å². The number of hydrogen-bond donors (Lipinski definition) is 1. The zero-order valence-electron chi connectivity index (χ0n) is 6.66. The molecule has 1 aromatic rings. The van der Waals surface area contributed by atoms with Crippen molar-refractivity contribution in [3.63, 3.8) is 0 Å². The van der Waals surface area contributed by atoms with E-state index in [1.807, 2.05) is 4.68 Å². The maximum atomic E-state index is 10.8. The molecule has 1 saturated heterocycles. The van der Waals surface area contributed by atoms with Gasteiger partial charge in [0.15, 0.2) is 0 Å². The van der Waals surface area contributed by atoms with Gasteiger partial charge in [-0.2, -0.15) is 5.10 Å². The lowest BCUT2D eigenvalue weighted by molar-refractivity contribution is -0.119. The summed E-state index contributed by atoms with van der Waals surface area (Å²) in [6.45, 7) is 1.58. The van der Waals surface area contributed by atoms with Crippen LogP contribution in [0.3, 0.4) is 0 Å². The number of carbonyl (C=O) groups excluding carboxylic acids is 1. The SMILES string of the molecule is O=C1CC(Cn2c[c]cn2)CN1. The molecule has 0 saturated carbocycles. The van der Waals surface area contributed by atoms with Gasteiger partial charge >= 0.3 is 0 Å². The van der Waals surface area contributed by atoms with E-state index in [9.17, 15) is 4.79 Å². The van der Waals surface area contributed by atoms with Crippen LogP contribution in [0.4, 0.5) is 0 Å². The Morgan fingerprint density at radius 1 is 1.83 bits per heavy atom. The van der Waals surface area contributed by atoms with E-state index < -0.39 is 0 Å². The summed E-state index contributed by atoms with van der Waals surface area (Å²) in [7, 11) is 0. The Hall–Kier alpha value is -1.32. The molecule has 4 nitrogen and oxygen atoms in total. The summed E-state index contributed by atoms with van der Waals surface area (Å²) in [4.78, 5) is 10.8. The van der Waals surface area contributed by atoms with Gasteiger partial charge in [0.2, 0.25) is 5.91 Å². The molecule has 1 aliphatic rings. The molecule has 1 N–H and O–H groups in total. The second-order valence-corrected chi connectivity index (χ2v) is 3.04. The third-order valence-electron chi connectivity index (χ3n) is 2.01. The van der Waals surface area contributed by atoms with Crippen molar-refractivity contribution in [1.29, 1.82) is 0 Å². The molecule has 0 spiro atoms. The van der Waals surface area contributed by atoms with Crippen molar-refractivity contribution in [3.05, 3.63) is 18.5 Å². The third-order valence-corrected chi connectivity index (χ3v) is 2.01. The fourth-order valence-corrected chi connectivity index (χ4v) is 1.42.